The van der Waals surface area contributed by atoms with Crippen molar-refractivity contribution < 1.29 is 0 Å². The molecular weight excluding hydrogens is 276 g/mol. The van der Waals surface area contributed by atoms with Crippen LogP contribution in [0.4, 0.5) is 0 Å². The number of nitrogens with zero attached hydrogens (tertiary/aromatic N) is 3. The van der Waals surface area contributed by atoms with Crippen molar-refractivity contribution in [3.8, 4) is 0 Å². The molecule has 0 amide bonds. The minimum atomic E-state index is -0.381. The molecular formula is C13H16N4O2S. The molecule has 0 unspecified atom stereocenters. The van der Waals surface area contributed by atoms with Crippen LogP contribution in [0.1, 0.15) is 37.9 Å². The molecule has 1 N–H and O–H groups in total. The Hall–Kier alpha value is -1.76. The van der Waals surface area contributed by atoms with E-state index in [1.54, 1.807) is 4.57 Å². The third-order valence-corrected chi connectivity index (χ3v) is 3.93. The molecule has 1 fully saturated rings. The van der Waals surface area contributed by atoms with Gasteiger partial charge in [-0.1, -0.05) is 19.1 Å². The first-order valence-corrected chi connectivity index (χ1v) is 7.19. The number of aromatic nitrogens is 4. The highest BCUT2D eigenvalue weighted by molar-refractivity contribution is 7.71. The van der Waals surface area contributed by atoms with Crippen LogP contribution in [-0.4, -0.2) is 19.1 Å². The third-order valence-electron chi connectivity index (χ3n) is 3.64. The molecule has 7 heteroatoms. The number of nitrogens with one attached hydrogen (secondary N) is 1. The Kier molecular flexibility index (Phi) is 3.08. The maximum Gasteiger partial charge on any atom is 0.332 e. The van der Waals surface area contributed by atoms with Gasteiger partial charge in [-0.2, -0.15) is 0 Å². The predicted octanol–water partition coefficient (Wildman–Crippen LogP) is 1.44. The van der Waals surface area contributed by atoms with Crippen LogP contribution in [0.3, 0.4) is 0 Å². The lowest BCUT2D eigenvalue weighted by molar-refractivity contribution is 0.607. The summed E-state index contributed by atoms with van der Waals surface area (Å²) in [5.41, 5.74) is -0.182. The monoisotopic (exact) mass is 292 g/mol. The average molecular weight is 292 g/mol. The van der Waals surface area contributed by atoms with Crippen LogP contribution in [0.2, 0.25) is 0 Å². The molecule has 1 aliphatic carbocycles. The maximum atomic E-state index is 12.3. The maximum absolute atomic E-state index is 12.3. The van der Waals surface area contributed by atoms with E-state index in [9.17, 15) is 9.59 Å². The molecule has 0 bridgehead atoms. The van der Waals surface area contributed by atoms with Gasteiger partial charge in [0, 0.05) is 19.5 Å². The number of fused-ring (bicyclic) bond motifs is 1. The highest BCUT2D eigenvalue weighted by Crippen LogP contribution is 2.38. The van der Waals surface area contributed by atoms with Gasteiger partial charge in [0.15, 0.2) is 0 Å². The number of aromatic amines is 1. The molecule has 0 saturated heterocycles. The van der Waals surface area contributed by atoms with E-state index in [4.69, 9.17) is 12.2 Å². The summed E-state index contributed by atoms with van der Waals surface area (Å²) < 4.78 is 2.96. The zero-order valence-electron chi connectivity index (χ0n) is 11.5. The Morgan fingerprint density at radius 3 is 2.70 bits per heavy atom. The van der Waals surface area contributed by atoms with Crippen molar-refractivity contribution in [2.45, 2.75) is 38.6 Å². The fourth-order valence-corrected chi connectivity index (χ4v) is 2.67. The Morgan fingerprint density at radius 2 is 2.10 bits per heavy atom. The molecule has 2 aromatic rings. The highest BCUT2D eigenvalue weighted by atomic mass is 32.1. The molecule has 106 valence electrons. The van der Waals surface area contributed by atoms with Gasteiger partial charge in [0.05, 0.1) is 0 Å². The standard InChI is InChI=1S/C13H16N4O2S/c1-3-6-17-10-8(12(18)16(2)13(17)19)11(20)15-9(14-10)7-4-5-7/h7H,3-6H2,1-2H3,(H,14,15,20). The molecule has 0 aromatic carbocycles. The summed E-state index contributed by atoms with van der Waals surface area (Å²) in [5.74, 6) is 1.18. The highest BCUT2D eigenvalue weighted by Gasteiger charge is 2.27. The molecule has 1 aliphatic rings. The summed E-state index contributed by atoms with van der Waals surface area (Å²) in [5, 5.41) is 0.333. The van der Waals surface area contributed by atoms with Gasteiger partial charge in [0.2, 0.25) is 0 Å². The molecule has 0 radical (unpaired) electrons. The summed E-state index contributed by atoms with van der Waals surface area (Å²) in [6.07, 6.45) is 2.95. The second kappa shape index (κ2) is 4.66. The number of H-pyrrole nitrogens is 1. The van der Waals surface area contributed by atoms with E-state index in [-0.39, 0.29) is 15.9 Å². The fraction of sp³-hybridized carbons (Fsp3) is 0.538. The predicted molar refractivity (Wildman–Crippen MR) is 78.7 cm³/mol. The quantitative estimate of drug-likeness (QED) is 0.869. The fourth-order valence-electron chi connectivity index (χ4n) is 2.39. The lowest BCUT2D eigenvalue weighted by Crippen LogP contribution is -2.39. The molecule has 0 aliphatic heterocycles. The Labute approximate surface area is 120 Å². The molecule has 20 heavy (non-hydrogen) atoms. The van der Waals surface area contributed by atoms with Crippen LogP contribution in [0.15, 0.2) is 9.59 Å². The van der Waals surface area contributed by atoms with Crippen molar-refractivity contribution in [1.29, 1.82) is 0 Å². The Morgan fingerprint density at radius 1 is 1.40 bits per heavy atom. The number of rotatable bonds is 3. The third kappa shape index (κ3) is 1.93. The normalized spacial score (nSPS) is 14.9. The van der Waals surface area contributed by atoms with Gasteiger partial charge in [-0.15, -0.1) is 0 Å². The van der Waals surface area contributed by atoms with Gasteiger partial charge >= 0.3 is 5.69 Å². The Balaban J connectivity index is 2.48. The lowest BCUT2D eigenvalue weighted by atomic mass is 10.3. The number of hydrogen-bond donors (Lipinski definition) is 1. The van der Waals surface area contributed by atoms with Crippen molar-refractivity contribution in [1.82, 2.24) is 19.1 Å². The molecule has 0 spiro atoms. The summed E-state index contributed by atoms with van der Waals surface area (Å²) in [4.78, 5) is 32.0. The average Bonchev–Trinajstić information content (AvgIpc) is 3.24. The molecule has 6 nitrogen and oxygen atoms in total. The first-order chi connectivity index (χ1) is 9.54. The second-order valence-corrected chi connectivity index (χ2v) is 5.61. The van der Waals surface area contributed by atoms with Gasteiger partial charge in [-0.05, 0) is 19.3 Å². The largest absolute Gasteiger partial charge is 0.332 e. The number of hydrogen-bond acceptors (Lipinski definition) is 4. The van der Waals surface area contributed by atoms with Gasteiger partial charge < -0.3 is 4.98 Å². The van der Waals surface area contributed by atoms with Crippen LogP contribution in [0.25, 0.3) is 11.0 Å². The van der Waals surface area contributed by atoms with E-state index in [2.05, 4.69) is 9.97 Å². The summed E-state index contributed by atoms with van der Waals surface area (Å²) >= 11 is 5.26. The van der Waals surface area contributed by atoms with Gasteiger partial charge in [-0.3, -0.25) is 13.9 Å². The lowest BCUT2D eigenvalue weighted by Gasteiger charge is -2.12. The van der Waals surface area contributed by atoms with Crippen LogP contribution < -0.4 is 11.2 Å². The van der Waals surface area contributed by atoms with Gasteiger partial charge in [0.25, 0.3) is 5.56 Å². The first kappa shape index (κ1) is 13.2. The van der Waals surface area contributed by atoms with Crippen molar-refractivity contribution in [3.63, 3.8) is 0 Å². The summed E-state index contributed by atoms with van der Waals surface area (Å²) in [6, 6.07) is 0. The molecule has 0 atom stereocenters. The summed E-state index contributed by atoms with van der Waals surface area (Å²) in [7, 11) is 1.47. The minimum Gasteiger partial charge on any atom is -0.329 e. The van der Waals surface area contributed by atoms with Crippen molar-refractivity contribution in [2.75, 3.05) is 0 Å². The molecule has 2 heterocycles. The zero-order chi connectivity index (χ0) is 14.4. The van der Waals surface area contributed by atoms with Crippen molar-refractivity contribution in [3.05, 3.63) is 31.3 Å². The van der Waals surface area contributed by atoms with E-state index in [1.165, 1.54) is 7.05 Å². The molecule has 2 aromatic heterocycles. The van der Waals surface area contributed by atoms with E-state index in [0.29, 0.717) is 23.5 Å². The van der Waals surface area contributed by atoms with Crippen LogP contribution >= 0.6 is 12.2 Å². The van der Waals surface area contributed by atoms with Crippen molar-refractivity contribution >= 4 is 23.3 Å². The SMILES string of the molecule is CCCn1c(=O)n(C)c(=O)c2c(=S)nc(C3CC3)[nH]c21. The van der Waals surface area contributed by atoms with E-state index < -0.39 is 0 Å². The van der Waals surface area contributed by atoms with Gasteiger partial charge in [0.1, 0.15) is 21.5 Å². The smallest absolute Gasteiger partial charge is 0.329 e. The van der Waals surface area contributed by atoms with Crippen molar-refractivity contribution in [2.24, 2.45) is 7.05 Å². The molecule has 3 rings (SSSR count). The Bertz CT molecular complexity index is 858. The number of aryl methyl sites for hydroxylation is 1. The topological polar surface area (TPSA) is 72.7 Å². The van der Waals surface area contributed by atoms with Crippen LogP contribution in [0, 0.1) is 4.64 Å². The summed E-state index contributed by atoms with van der Waals surface area (Å²) in [6.45, 7) is 2.53. The van der Waals surface area contributed by atoms with E-state index in [1.807, 2.05) is 6.92 Å². The van der Waals surface area contributed by atoms with E-state index in [0.717, 1.165) is 29.7 Å². The minimum absolute atomic E-state index is 0.283. The van der Waals surface area contributed by atoms with Gasteiger partial charge in [-0.25, -0.2) is 9.78 Å². The zero-order valence-corrected chi connectivity index (χ0v) is 12.3. The van der Waals surface area contributed by atoms with Crippen LogP contribution in [-0.2, 0) is 13.6 Å². The molecule has 1 saturated carbocycles. The van der Waals surface area contributed by atoms with Crippen LogP contribution in [0.5, 0.6) is 0 Å². The van der Waals surface area contributed by atoms with E-state index >= 15 is 0 Å². The first-order valence-electron chi connectivity index (χ1n) is 6.78. The second-order valence-electron chi connectivity index (χ2n) is 5.22.